The maximum Gasteiger partial charge on any atom is 0.239 e. The number of aromatic nitrogens is 1. The third-order valence-electron chi connectivity index (χ3n) is 7.14. The summed E-state index contributed by atoms with van der Waals surface area (Å²) in [6, 6.07) is 2.61. The second-order valence-electron chi connectivity index (χ2n) is 9.37. The summed E-state index contributed by atoms with van der Waals surface area (Å²) in [7, 11) is 0. The Kier molecular flexibility index (Phi) is 8.14. The van der Waals surface area contributed by atoms with E-state index in [-0.39, 0.29) is 19.0 Å². The number of nitrogens with two attached hydrogens (primary N) is 1. The summed E-state index contributed by atoms with van der Waals surface area (Å²) in [5.74, 6) is 0.663. The van der Waals surface area contributed by atoms with Crippen LogP contribution in [0.1, 0.15) is 87.1 Å². The molecule has 170 valence electrons. The van der Waals surface area contributed by atoms with Crippen LogP contribution in [-0.4, -0.2) is 40.9 Å². The molecule has 7 nitrogen and oxygen atoms in total. The van der Waals surface area contributed by atoms with Crippen LogP contribution in [0.3, 0.4) is 0 Å². The lowest BCUT2D eigenvalue weighted by Gasteiger charge is -2.26. The maximum absolute atomic E-state index is 13.0. The van der Waals surface area contributed by atoms with E-state index in [2.05, 4.69) is 16.0 Å². The molecule has 2 aliphatic rings. The second-order valence-corrected chi connectivity index (χ2v) is 9.37. The number of carbonyl (C=O) groups excluding carboxylic acids is 2. The van der Waals surface area contributed by atoms with Crippen molar-refractivity contribution in [3.05, 3.63) is 16.8 Å². The minimum Gasteiger partial charge on any atom is -0.369 e. The third-order valence-corrected chi connectivity index (χ3v) is 7.14. The van der Waals surface area contributed by atoms with Gasteiger partial charge in [0.15, 0.2) is 0 Å². The molecule has 0 atom stereocenters. The van der Waals surface area contributed by atoms with Gasteiger partial charge in [0.1, 0.15) is 11.9 Å². The molecule has 3 rings (SSSR count). The highest BCUT2D eigenvalue weighted by Gasteiger charge is 2.27. The summed E-state index contributed by atoms with van der Waals surface area (Å²) in [6.07, 6.45) is 11.8. The molecule has 1 aromatic rings. The highest BCUT2D eigenvalue weighted by atomic mass is 16.2. The molecular formula is C24H37N5O2. The van der Waals surface area contributed by atoms with Crippen molar-refractivity contribution in [2.45, 2.75) is 84.1 Å². The lowest BCUT2D eigenvalue weighted by molar-refractivity contribution is -0.121. The summed E-state index contributed by atoms with van der Waals surface area (Å²) < 4.78 is 2.15. The maximum atomic E-state index is 13.0. The first-order valence-electron chi connectivity index (χ1n) is 11.8. The van der Waals surface area contributed by atoms with Gasteiger partial charge in [-0.2, -0.15) is 5.26 Å². The van der Waals surface area contributed by atoms with Crippen LogP contribution in [0.25, 0.3) is 0 Å². The fourth-order valence-electron chi connectivity index (χ4n) is 5.36. The number of nitrogens with zero attached hydrogens (tertiary/aromatic N) is 3. The molecular weight excluding hydrogens is 390 g/mol. The summed E-state index contributed by atoms with van der Waals surface area (Å²) in [4.78, 5) is 26.4. The van der Waals surface area contributed by atoms with Crippen molar-refractivity contribution < 1.29 is 9.59 Å². The van der Waals surface area contributed by atoms with Gasteiger partial charge < -0.3 is 15.6 Å². The second kappa shape index (κ2) is 10.8. The van der Waals surface area contributed by atoms with Crippen molar-refractivity contribution in [3.63, 3.8) is 0 Å². The molecule has 2 amide bonds. The summed E-state index contributed by atoms with van der Waals surface area (Å²) in [5.41, 5.74) is 7.96. The van der Waals surface area contributed by atoms with Crippen LogP contribution in [0.5, 0.6) is 0 Å². The fourth-order valence-corrected chi connectivity index (χ4v) is 5.36. The number of nitrogens with one attached hydrogen (secondary N) is 1. The van der Waals surface area contributed by atoms with E-state index in [9.17, 15) is 14.9 Å². The van der Waals surface area contributed by atoms with E-state index < -0.39 is 5.91 Å². The van der Waals surface area contributed by atoms with Crippen LogP contribution >= 0.6 is 0 Å². The zero-order valence-corrected chi connectivity index (χ0v) is 19.1. The van der Waals surface area contributed by atoms with Crippen molar-refractivity contribution in [1.82, 2.24) is 9.47 Å². The van der Waals surface area contributed by atoms with E-state index >= 15 is 0 Å². The predicted octanol–water partition coefficient (Wildman–Crippen LogP) is 3.79. The highest BCUT2D eigenvalue weighted by molar-refractivity contribution is 5.93. The number of carbonyl (C=O) groups is 2. The Labute approximate surface area is 186 Å². The Morgan fingerprint density at radius 2 is 1.74 bits per heavy atom. The Hall–Kier alpha value is -2.33. The van der Waals surface area contributed by atoms with Crippen molar-refractivity contribution in [2.75, 3.05) is 25.0 Å². The van der Waals surface area contributed by atoms with Crippen LogP contribution in [-0.2, 0) is 9.59 Å². The molecule has 0 bridgehead atoms. The van der Waals surface area contributed by atoms with Gasteiger partial charge in [-0.1, -0.05) is 44.9 Å². The van der Waals surface area contributed by atoms with Crippen LogP contribution in [0.15, 0.2) is 0 Å². The number of hydrogen-bond acceptors (Lipinski definition) is 4. The topological polar surface area (TPSA) is 104 Å². The molecule has 0 unspecified atom stereocenters. The summed E-state index contributed by atoms with van der Waals surface area (Å²) in [6.45, 7) is 4.83. The lowest BCUT2D eigenvalue weighted by atomic mass is 9.87. The first kappa shape index (κ1) is 23.3. The number of hydrogen-bond donors (Lipinski definition) is 2. The van der Waals surface area contributed by atoms with Gasteiger partial charge in [0.05, 0.1) is 18.7 Å². The Balaban J connectivity index is 1.70. The van der Waals surface area contributed by atoms with Crippen LogP contribution in [0.2, 0.25) is 0 Å². The Morgan fingerprint density at radius 1 is 1.10 bits per heavy atom. The molecule has 3 N–H and O–H groups in total. The van der Waals surface area contributed by atoms with Crippen molar-refractivity contribution >= 4 is 17.6 Å². The van der Waals surface area contributed by atoms with Gasteiger partial charge in [0.2, 0.25) is 11.8 Å². The molecule has 7 heteroatoms. The van der Waals surface area contributed by atoms with Gasteiger partial charge >= 0.3 is 0 Å². The minimum atomic E-state index is -0.421. The first-order valence-corrected chi connectivity index (χ1v) is 11.8. The van der Waals surface area contributed by atoms with Gasteiger partial charge in [-0.25, -0.2) is 0 Å². The molecule has 2 aliphatic carbocycles. The fraction of sp³-hybridized carbons (Fsp3) is 0.708. The summed E-state index contributed by atoms with van der Waals surface area (Å²) in [5, 5.41) is 12.8. The number of anilines is 1. The molecule has 0 aliphatic heterocycles. The number of primary amides is 1. The molecule has 0 aromatic carbocycles. The Bertz CT molecular complexity index is 826. The van der Waals surface area contributed by atoms with E-state index in [1.807, 2.05) is 18.7 Å². The van der Waals surface area contributed by atoms with Gasteiger partial charge in [0, 0.05) is 11.7 Å². The van der Waals surface area contributed by atoms with Crippen LogP contribution < -0.4 is 11.1 Å². The van der Waals surface area contributed by atoms with E-state index in [0.29, 0.717) is 29.9 Å². The van der Waals surface area contributed by atoms with Gasteiger partial charge in [-0.05, 0) is 51.1 Å². The lowest BCUT2D eigenvalue weighted by Crippen LogP contribution is -2.40. The Morgan fingerprint density at radius 3 is 2.35 bits per heavy atom. The van der Waals surface area contributed by atoms with Crippen molar-refractivity contribution in [2.24, 2.45) is 11.7 Å². The summed E-state index contributed by atoms with van der Waals surface area (Å²) >= 11 is 0. The smallest absolute Gasteiger partial charge is 0.239 e. The van der Waals surface area contributed by atoms with E-state index in [1.54, 1.807) is 0 Å². The average molecular weight is 428 g/mol. The molecule has 0 spiro atoms. The van der Waals surface area contributed by atoms with E-state index in [1.165, 1.54) is 44.9 Å². The predicted molar refractivity (Wildman–Crippen MR) is 122 cm³/mol. The van der Waals surface area contributed by atoms with Crippen LogP contribution in [0.4, 0.5) is 5.82 Å². The zero-order chi connectivity index (χ0) is 22.4. The molecule has 2 fully saturated rings. The third kappa shape index (κ3) is 5.88. The quantitative estimate of drug-likeness (QED) is 0.625. The standard InChI is InChI=1S/C24H37N5O2/c1-17-18(2)29(20-10-6-7-11-20)24(21(17)14-25)27-23(31)16-28(15-22(26)30)13-12-19-8-4-3-5-9-19/h19-20H,3-13,15-16H2,1-2H3,(H2,26,30)(H,27,31). The first-order chi connectivity index (χ1) is 14.9. The van der Waals surface area contributed by atoms with E-state index in [0.717, 1.165) is 30.5 Å². The number of nitriles is 1. The number of amides is 2. The van der Waals surface area contributed by atoms with Gasteiger partial charge in [-0.3, -0.25) is 14.5 Å². The number of rotatable bonds is 9. The van der Waals surface area contributed by atoms with Gasteiger partial charge in [0.25, 0.3) is 0 Å². The molecule has 1 aromatic heterocycles. The minimum absolute atomic E-state index is 0.0763. The van der Waals surface area contributed by atoms with Crippen molar-refractivity contribution in [3.8, 4) is 6.07 Å². The normalized spacial score (nSPS) is 17.7. The monoisotopic (exact) mass is 427 g/mol. The molecule has 2 saturated carbocycles. The van der Waals surface area contributed by atoms with Crippen molar-refractivity contribution in [1.29, 1.82) is 5.26 Å². The largest absolute Gasteiger partial charge is 0.369 e. The molecule has 0 saturated heterocycles. The van der Waals surface area contributed by atoms with Gasteiger partial charge in [-0.15, -0.1) is 0 Å². The highest BCUT2D eigenvalue weighted by Crippen LogP contribution is 2.37. The molecule has 1 heterocycles. The van der Waals surface area contributed by atoms with E-state index in [4.69, 9.17) is 5.73 Å². The zero-order valence-electron chi connectivity index (χ0n) is 19.1. The SMILES string of the molecule is Cc1c(C#N)c(NC(=O)CN(CCC2CCCCC2)CC(N)=O)n(C2CCCC2)c1C. The van der Waals surface area contributed by atoms with Crippen LogP contribution in [0, 0.1) is 31.1 Å². The molecule has 31 heavy (non-hydrogen) atoms. The average Bonchev–Trinajstić information content (AvgIpc) is 3.34. The molecule has 0 radical (unpaired) electrons.